The molecule has 0 saturated carbocycles. The number of aromatic nitrogens is 2. The van der Waals surface area contributed by atoms with Crippen molar-refractivity contribution in [2.24, 2.45) is 0 Å². The van der Waals surface area contributed by atoms with E-state index >= 15 is 0 Å². The summed E-state index contributed by atoms with van der Waals surface area (Å²) < 4.78 is 24.0. The summed E-state index contributed by atoms with van der Waals surface area (Å²) in [7, 11) is 0. The molecule has 1 atom stereocenters. The van der Waals surface area contributed by atoms with Crippen LogP contribution in [0.25, 0.3) is 22.8 Å². The lowest BCUT2D eigenvalue weighted by molar-refractivity contribution is 0.0858. The maximum absolute atomic E-state index is 13.1. The fourth-order valence-corrected chi connectivity index (χ4v) is 3.02. The number of hydrogen-bond donors (Lipinski definition) is 1. The van der Waals surface area contributed by atoms with Crippen LogP contribution in [-0.2, 0) is 4.74 Å². The van der Waals surface area contributed by atoms with Crippen LogP contribution in [0.5, 0.6) is 0 Å². The van der Waals surface area contributed by atoms with Crippen molar-refractivity contribution in [3.05, 3.63) is 59.9 Å². The van der Waals surface area contributed by atoms with Crippen molar-refractivity contribution in [3.8, 4) is 22.8 Å². The molecule has 2 heterocycles. The molecule has 1 aliphatic heterocycles. The summed E-state index contributed by atoms with van der Waals surface area (Å²) in [5.74, 6) is 0.00937. The van der Waals surface area contributed by atoms with Gasteiger partial charge in [-0.15, -0.1) is 0 Å². The molecule has 1 amide bonds. The first-order chi connectivity index (χ1) is 13.2. The Morgan fingerprint density at radius 1 is 1.19 bits per heavy atom. The van der Waals surface area contributed by atoms with Crippen LogP contribution in [0.3, 0.4) is 0 Å². The van der Waals surface area contributed by atoms with Crippen molar-refractivity contribution in [1.82, 2.24) is 15.5 Å². The van der Waals surface area contributed by atoms with E-state index in [2.05, 4.69) is 15.5 Å². The van der Waals surface area contributed by atoms with Gasteiger partial charge in [0.15, 0.2) is 0 Å². The molecule has 1 fully saturated rings. The van der Waals surface area contributed by atoms with Crippen molar-refractivity contribution in [1.29, 1.82) is 0 Å². The van der Waals surface area contributed by atoms with Crippen molar-refractivity contribution in [2.45, 2.75) is 18.9 Å². The molecule has 0 aliphatic carbocycles. The summed E-state index contributed by atoms with van der Waals surface area (Å²) in [6, 6.07) is 12.9. The standard InChI is InChI=1S/C20H18FN3O3/c21-14-9-7-13(8-10-14)18-23-20(27-24-18)17-6-2-1-5-16(17)19(25)22-12-15-4-3-11-26-15/h1-2,5-10,15H,3-4,11-12H2,(H,22,25)/t15-/m0/s1. The number of hydrogen-bond acceptors (Lipinski definition) is 5. The number of carbonyl (C=O) groups is 1. The molecule has 1 N–H and O–H groups in total. The molecule has 7 heteroatoms. The summed E-state index contributed by atoms with van der Waals surface area (Å²) in [4.78, 5) is 17.0. The zero-order valence-corrected chi connectivity index (χ0v) is 14.5. The zero-order valence-electron chi connectivity index (χ0n) is 14.5. The van der Waals surface area contributed by atoms with E-state index in [-0.39, 0.29) is 23.7 Å². The largest absolute Gasteiger partial charge is 0.376 e. The molecule has 2 aromatic carbocycles. The van der Waals surface area contributed by atoms with Crippen LogP contribution in [0.1, 0.15) is 23.2 Å². The second-order valence-corrected chi connectivity index (χ2v) is 6.32. The number of benzene rings is 2. The summed E-state index contributed by atoms with van der Waals surface area (Å²) >= 11 is 0. The van der Waals surface area contributed by atoms with Crippen LogP contribution in [-0.4, -0.2) is 35.3 Å². The maximum Gasteiger partial charge on any atom is 0.259 e. The molecule has 0 radical (unpaired) electrons. The SMILES string of the molecule is O=C(NC[C@@H]1CCCO1)c1ccccc1-c1nc(-c2ccc(F)cc2)no1. The Morgan fingerprint density at radius 2 is 2.00 bits per heavy atom. The Kier molecular flexibility index (Phi) is 4.93. The summed E-state index contributed by atoms with van der Waals surface area (Å²) in [5, 5.41) is 6.84. The number of ether oxygens (including phenoxy) is 1. The predicted octanol–water partition coefficient (Wildman–Crippen LogP) is 3.45. The number of nitrogens with one attached hydrogen (secondary N) is 1. The van der Waals surface area contributed by atoms with Gasteiger partial charge in [-0.3, -0.25) is 4.79 Å². The van der Waals surface area contributed by atoms with Crippen molar-refractivity contribution >= 4 is 5.91 Å². The Balaban J connectivity index is 1.55. The van der Waals surface area contributed by atoms with Crippen molar-refractivity contribution < 1.29 is 18.4 Å². The molecule has 6 nitrogen and oxygen atoms in total. The molecule has 1 aromatic heterocycles. The second-order valence-electron chi connectivity index (χ2n) is 6.32. The third kappa shape index (κ3) is 3.88. The van der Waals surface area contributed by atoms with Gasteiger partial charge in [-0.1, -0.05) is 17.3 Å². The third-order valence-electron chi connectivity index (χ3n) is 4.44. The van der Waals surface area contributed by atoms with Gasteiger partial charge in [0.1, 0.15) is 5.82 Å². The fraction of sp³-hybridized carbons (Fsp3) is 0.250. The third-order valence-corrected chi connectivity index (χ3v) is 4.44. The quantitative estimate of drug-likeness (QED) is 0.747. The van der Waals surface area contributed by atoms with Crippen LogP contribution < -0.4 is 5.32 Å². The molecule has 3 aromatic rings. The van der Waals surface area contributed by atoms with Gasteiger partial charge in [0, 0.05) is 18.7 Å². The highest BCUT2D eigenvalue weighted by Gasteiger charge is 2.20. The monoisotopic (exact) mass is 367 g/mol. The topological polar surface area (TPSA) is 77.2 Å². The van der Waals surface area contributed by atoms with Crippen LogP contribution in [0.2, 0.25) is 0 Å². The number of nitrogens with zero attached hydrogens (tertiary/aromatic N) is 2. The average Bonchev–Trinajstić information content (AvgIpc) is 3.39. The van der Waals surface area contributed by atoms with E-state index in [0.717, 1.165) is 19.4 Å². The van der Waals surface area contributed by atoms with Gasteiger partial charge in [0.2, 0.25) is 5.82 Å². The van der Waals surface area contributed by atoms with Crippen LogP contribution >= 0.6 is 0 Å². The van der Waals surface area contributed by atoms with Gasteiger partial charge in [0.05, 0.1) is 17.2 Å². The number of carbonyl (C=O) groups excluding carboxylic acids is 1. The maximum atomic E-state index is 13.1. The first kappa shape index (κ1) is 17.4. The van der Waals surface area contributed by atoms with E-state index in [4.69, 9.17) is 9.26 Å². The lowest BCUT2D eigenvalue weighted by atomic mass is 10.1. The van der Waals surface area contributed by atoms with Crippen molar-refractivity contribution in [3.63, 3.8) is 0 Å². The van der Waals surface area contributed by atoms with E-state index in [0.29, 0.717) is 29.1 Å². The number of amides is 1. The number of halogens is 1. The van der Waals surface area contributed by atoms with Crippen LogP contribution in [0.15, 0.2) is 53.1 Å². The first-order valence-corrected chi connectivity index (χ1v) is 8.79. The fourth-order valence-electron chi connectivity index (χ4n) is 3.02. The molecule has 0 bridgehead atoms. The van der Waals surface area contributed by atoms with E-state index in [1.54, 1.807) is 36.4 Å². The summed E-state index contributed by atoms with van der Waals surface area (Å²) in [6.07, 6.45) is 2.03. The minimum absolute atomic E-state index is 0.0644. The lowest BCUT2D eigenvalue weighted by Gasteiger charge is -2.11. The number of rotatable bonds is 5. The summed E-state index contributed by atoms with van der Waals surface area (Å²) in [5.41, 5.74) is 1.62. The van der Waals surface area contributed by atoms with Gasteiger partial charge in [-0.05, 0) is 49.2 Å². The minimum Gasteiger partial charge on any atom is -0.376 e. The highest BCUT2D eigenvalue weighted by atomic mass is 19.1. The molecule has 4 rings (SSSR count). The Bertz CT molecular complexity index is 934. The predicted molar refractivity (Wildman–Crippen MR) is 96.4 cm³/mol. The highest BCUT2D eigenvalue weighted by Crippen LogP contribution is 2.25. The zero-order chi connectivity index (χ0) is 18.6. The molecule has 27 heavy (non-hydrogen) atoms. The Labute approximate surface area is 155 Å². The van der Waals surface area contributed by atoms with Gasteiger partial charge < -0.3 is 14.6 Å². The van der Waals surface area contributed by atoms with Gasteiger partial charge in [-0.25, -0.2) is 4.39 Å². The average molecular weight is 367 g/mol. The molecule has 1 saturated heterocycles. The van der Waals surface area contributed by atoms with Crippen molar-refractivity contribution in [2.75, 3.05) is 13.2 Å². The smallest absolute Gasteiger partial charge is 0.259 e. The Hall–Kier alpha value is -3.06. The van der Waals surface area contributed by atoms with Gasteiger partial charge in [0.25, 0.3) is 11.8 Å². The lowest BCUT2D eigenvalue weighted by Crippen LogP contribution is -2.32. The molecule has 0 unspecified atom stereocenters. The molecule has 0 spiro atoms. The minimum atomic E-state index is -0.337. The van der Waals surface area contributed by atoms with Crippen LogP contribution in [0, 0.1) is 5.82 Å². The molecule has 1 aliphatic rings. The summed E-state index contributed by atoms with van der Waals surface area (Å²) in [6.45, 7) is 1.21. The van der Waals surface area contributed by atoms with E-state index in [1.165, 1.54) is 12.1 Å². The Morgan fingerprint density at radius 3 is 2.78 bits per heavy atom. The molecular weight excluding hydrogens is 349 g/mol. The van der Waals surface area contributed by atoms with Gasteiger partial charge in [-0.2, -0.15) is 4.98 Å². The van der Waals surface area contributed by atoms with E-state index in [9.17, 15) is 9.18 Å². The second kappa shape index (κ2) is 7.67. The normalized spacial score (nSPS) is 16.4. The van der Waals surface area contributed by atoms with E-state index < -0.39 is 0 Å². The van der Waals surface area contributed by atoms with E-state index in [1.807, 2.05) is 0 Å². The highest BCUT2D eigenvalue weighted by molar-refractivity contribution is 6.00. The molecular formula is C20H18FN3O3. The first-order valence-electron chi connectivity index (χ1n) is 8.79. The van der Waals surface area contributed by atoms with Gasteiger partial charge >= 0.3 is 0 Å². The van der Waals surface area contributed by atoms with Crippen LogP contribution in [0.4, 0.5) is 4.39 Å². The molecule has 138 valence electrons.